The van der Waals surface area contributed by atoms with Crippen LogP contribution >= 0.6 is 0 Å². The molecule has 1 N–H and O–H groups in total. The largest absolute Gasteiger partial charge is 0.490 e. The van der Waals surface area contributed by atoms with Crippen molar-refractivity contribution in [2.45, 2.75) is 56.9 Å². The normalized spacial score (nSPS) is 17.3. The molecule has 0 aliphatic heterocycles. The highest BCUT2D eigenvalue weighted by Gasteiger charge is 2.47. The number of rotatable bonds is 12. The van der Waals surface area contributed by atoms with Crippen molar-refractivity contribution in [1.29, 1.82) is 0 Å². The van der Waals surface area contributed by atoms with E-state index in [2.05, 4.69) is 9.97 Å². The van der Waals surface area contributed by atoms with Crippen LogP contribution in [0.15, 0.2) is 34.1 Å². The van der Waals surface area contributed by atoms with Crippen molar-refractivity contribution in [1.82, 2.24) is 14.5 Å². The number of ether oxygens (including phenoxy) is 1. The number of aryl methyl sites for hydroxylation is 1. The number of unbranched alkanes of at least 4 members (excludes halogenated alkanes) is 2. The zero-order chi connectivity index (χ0) is 22.8. The molecule has 0 radical (unpaired) electrons. The third-order valence-electron chi connectivity index (χ3n) is 6.21. The van der Waals surface area contributed by atoms with E-state index in [1.807, 2.05) is 0 Å². The maximum Gasteiger partial charge on any atom is 0.350 e. The molecule has 2 aromatic rings. The minimum absolute atomic E-state index is 0.0526. The molecule has 0 saturated heterocycles. The molecule has 2 fully saturated rings. The van der Waals surface area contributed by atoms with Gasteiger partial charge in [0.05, 0.1) is 18.1 Å². The lowest BCUT2D eigenvalue weighted by molar-refractivity contribution is 0.285. The van der Waals surface area contributed by atoms with Gasteiger partial charge >= 0.3 is 11.4 Å². The summed E-state index contributed by atoms with van der Waals surface area (Å²) < 4.78 is 46.5. The summed E-state index contributed by atoms with van der Waals surface area (Å²) in [7, 11) is -3.29. The molecule has 0 amide bonds. The van der Waals surface area contributed by atoms with Gasteiger partial charge in [-0.3, -0.25) is 9.55 Å². The molecule has 174 valence electrons. The summed E-state index contributed by atoms with van der Waals surface area (Å²) in [4.78, 5) is 28.2. The van der Waals surface area contributed by atoms with Crippen LogP contribution in [0.5, 0.6) is 5.75 Å². The van der Waals surface area contributed by atoms with Crippen LogP contribution in [0, 0.1) is 11.7 Å². The molecule has 1 aromatic carbocycles. The van der Waals surface area contributed by atoms with Crippen LogP contribution < -0.4 is 16.1 Å². The van der Waals surface area contributed by atoms with E-state index in [0.29, 0.717) is 38.3 Å². The van der Waals surface area contributed by atoms with Crippen molar-refractivity contribution in [2.24, 2.45) is 5.92 Å². The van der Waals surface area contributed by atoms with E-state index in [4.69, 9.17) is 4.74 Å². The number of aromatic amines is 1. The number of hydrogen-bond donors (Lipinski definition) is 1. The van der Waals surface area contributed by atoms with Gasteiger partial charge < -0.3 is 4.74 Å². The smallest absolute Gasteiger partial charge is 0.350 e. The first-order chi connectivity index (χ1) is 15.3. The van der Waals surface area contributed by atoms with Gasteiger partial charge in [-0.05, 0) is 62.1 Å². The van der Waals surface area contributed by atoms with Crippen molar-refractivity contribution < 1.29 is 17.5 Å². The quantitative estimate of drug-likeness (QED) is 0.481. The predicted molar refractivity (Wildman–Crippen MR) is 117 cm³/mol. The molecule has 0 unspecified atom stereocenters. The van der Waals surface area contributed by atoms with E-state index < -0.39 is 32.4 Å². The molecule has 8 nitrogen and oxygen atoms in total. The van der Waals surface area contributed by atoms with Crippen LogP contribution in [0.3, 0.4) is 0 Å². The Hall–Kier alpha value is -2.49. The number of halogens is 1. The summed E-state index contributed by atoms with van der Waals surface area (Å²) in [6.45, 7) is 0.874. The van der Waals surface area contributed by atoms with E-state index in [1.54, 1.807) is 12.1 Å². The van der Waals surface area contributed by atoms with Crippen LogP contribution in [0.1, 0.15) is 50.5 Å². The Morgan fingerprint density at radius 2 is 1.97 bits per heavy atom. The first kappa shape index (κ1) is 22.7. The number of nitrogens with one attached hydrogen (secondary N) is 1. The van der Waals surface area contributed by atoms with E-state index in [-0.39, 0.29) is 17.3 Å². The summed E-state index contributed by atoms with van der Waals surface area (Å²) in [5.41, 5.74) is -0.820. The van der Waals surface area contributed by atoms with Crippen LogP contribution in [-0.2, 0) is 21.8 Å². The molecular formula is C22H28FN3O5S. The molecule has 1 aromatic heterocycles. The molecular weight excluding hydrogens is 437 g/mol. The molecule has 0 atom stereocenters. The lowest BCUT2D eigenvalue weighted by atomic mass is 9.98. The summed E-state index contributed by atoms with van der Waals surface area (Å²) in [6, 6.07) is 4.73. The van der Waals surface area contributed by atoms with Gasteiger partial charge in [-0.25, -0.2) is 22.4 Å². The molecule has 10 heteroatoms. The molecule has 2 saturated carbocycles. The molecule has 2 aliphatic carbocycles. The average molecular weight is 466 g/mol. The Labute approximate surface area is 185 Å². The van der Waals surface area contributed by atoms with Crippen LogP contribution in [-0.4, -0.2) is 41.1 Å². The van der Waals surface area contributed by atoms with Crippen molar-refractivity contribution >= 4 is 9.84 Å². The Bertz CT molecular complexity index is 1180. The number of aromatic nitrogens is 3. The number of sulfone groups is 1. The predicted octanol–water partition coefficient (Wildman–Crippen LogP) is 2.18. The summed E-state index contributed by atoms with van der Waals surface area (Å²) in [6.07, 6.45) is 6.68. The highest BCUT2D eigenvalue weighted by atomic mass is 32.2. The van der Waals surface area contributed by atoms with Gasteiger partial charge in [0.2, 0.25) is 0 Å². The molecule has 0 spiro atoms. The van der Waals surface area contributed by atoms with Gasteiger partial charge in [-0.2, -0.15) is 4.98 Å². The van der Waals surface area contributed by atoms with Crippen LogP contribution in [0.4, 0.5) is 4.39 Å². The van der Waals surface area contributed by atoms with Crippen molar-refractivity contribution in [3.8, 4) is 5.75 Å². The Morgan fingerprint density at radius 3 is 2.66 bits per heavy atom. The van der Waals surface area contributed by atoms with Gasteiger partial charge in [0.1, 0.15) is 6.33 Å². The lowest BCUT2D eigenvalue weighted by Gasteiger charge is -2.18. The molecule has 1 heterocycles. The fourth-order valence-electron chi connectivity index (χ4n) is 3.91. The zero-order valence-electron chi connectivity index (χ0n) is 17.9. The Morgan fingerprint density at radius 1 is 1.19 bits per heavy atom. The first-order valence-corrected chi connectivity index (χ1v) is 12.9. The van der Waals surface area contributed by atoms with Crippen molar-refractivity contribution in [3.63, 3.8) is 0 Å². The Kier molecular flexibility index (Phi) is 6.50. The second-order valence-corrected chi connectivity index (χ2v) is 11.2. The monoisotopic (exact) mass is 465 g/mol. The van der Waals surface area contributed by atoms with Crippen LogP contribution in [0.25, 0.3) is 0 Å². The Balaban J connectivity index is 1.28. The summed E-state index contributed by atoms with van der Waals surface area (Å²) in [5.74, 6) is 0.429. The van der Waals surface area contributed by atoms with Gasteiger partial charge in [0, 0.05) is 12.0 Å². The van der Waals surface area contributed by atoms with E-state index >= 15 is 0 Å². The number of benzene rings is 1. The number of hydrogen-bond acceptors (Lipinski definition) is 6. The number of nitrogens with zero attached hydrogens (tertiary/aromatic N) is 2. The minimum atomic E-state index is -3.29. The average Bonchev–Trinajstić information content (AvgIpc) is 3.65. The molecule has 4 rings (SSSR count). The topological polar surface area (TPSA) is 111 Å². The van der Waals surface area contributed by atoms with Gasteiger partial charge in [-0.1, -0.05) is 12.5 Å². The maximum atomic E-state index is 14.1. The zero-order valence-corrected chi connectivity index (χ0v) is 18.7. The van der Waals surface area contributed by atoms with Gasteiger partial charge in [0.25, 0.3) is 0 Å². The van der Waals surface area contributed by atoms with E-state index in [0.717, 1.165) is 31.2 Å². The second kappa shape index (κ2) is 9.17. The van der Waals surface area contributed by atoms with Crippen molar-refractivity contribution in [2.75, 3.05) is 18.1 Å². The standard InChI is InChI=1S/C22H28FN3O5S/c23-18-7-6-17(12-19(18)31-13-16-4-5-16)22(8-9-22)14-32(29,30)11-3-1-2-10-26-15-24-20(27)25-21(26)28/h6-7,12,15-16H,1-5,8-11,13-14H2,(H,25,27,28). The third-order valence-corrected chi connectivity index (χ3v) is 8.11. The first-order valence-electron chi connectivity index (χ1n) is 11.1. The van der Waals surface area contributed by atoms with Gasteiger partial charge in [0.15, 0.2) is 21.4 Å². The lowest BCUT2D eigenvalue weighted by Crippen LogP contribution is -2.31. The molecule has 32 heavy (non-hydrogen) atoms. The summed E-state index contributed by atoms with van der Waals surface area (Å²) in [5, 5.41) is 0. The van der Waals surface area contributed by atoms with Crippen LogP contribution in [0.2, 0.25) is 0 Å². The fourth-order valence-corrected chi connectivity index (χ4v) is 5.99. The van der Waals surface area contributed by atoms with E-state index in [9.17, 15) is 22.4 Å². The molecule has 0 bridgehead atoms. The number of H-pyrrole nitrogens is 1. The molecule has 2 aliphatic rings. The van der Waals surface area contributed by atoms with Gasteiger partial charge in [-0.15, -0.1) is 0 Å². The highest BCUT2D eigenvalue weighted by Crippen LogP contribution is 2.50. The SMILES string of the molecule is O=c1ncn(CCCCCS(=O)(=O)CC2(c3ccc(F)c(OCC4CC4)c3)CC2)c(=O)[nH]1. The fraction of sp³-hybridized carbons (Fsp3) is 0.591. The second-order valence-electron chi connectivity index (χ2n) is 9.01. The maximum absolute atomic E-state index is 14.1. The summed E-state index contributed by atoms with van der Waals surface area (Å²) >= 11 is 0. The highest BCUT2D eigenvalue weighted by molar-refractivity contribution is 7.91. The van der Waals surface area contributed by atoms with E-state index in [1.165, 1.54) is 17.0 Å². The van der Waals surface area contributed by atoms with Crippen molar-refractivity contribution in [3.05, 3.63) is 56.9 Å². The third kappa shape index (κ3) is 5.85. The minimum Gasteiger partial charge on any atom is -0.490 e.